The van der Waals surface area contributed by atoms with Crippen molar-refractivity contribution in [3.05, 3.63) is 11.8 Å². The summed E-state index contributed by atoms with van der Waals surface area (Å²) in [6.45, 7) is 12.8. The van der Waals surface area contributed by atoms with E-state index in [0.717, 1.165) is 19.3 Å². The summed E-state index contributed by atoms with van der Waals surface area (Å²) in [4.78, 5) is 12.7. The maximum atomic E-state index is 12.7. The number of anilines is 1. The summed E-state index contributed by atoms with van der Waals surface area (Å²) in [6.07, 6.45) is 2.98. The number of aromatic nitrogens is 1. The summed E-state index contributed by atoms with van der Waals surface area (Å²) < 4.78 is 40.9. The van der Waals surface area contributed by atoms with E-state index in [9.17, 15) is 13.2 Å². The Labute approximate surface area is 180 Å². The molecule has 1 aliphatic rings. The number of carbonyl (C=O) groups excluding carboxylic acids is 1. The van der Waals surface area contributed by atoms with Gasteiger partial charge < -0.3 is 14.0 Å². The minimum absolute atomic E-state index is 0.108. The molecule has 1 unspecified atom stereocenters. The Kier molecular flexibility index (Phi) is 7.74. The van der Waals surface area contributed by atoms with Gasteiger partial charge in [-0.25, -0.2) is 8.42 Å². The van der Waals surface area contributed by atoms with Crippen molar-refractivity contribution >= 4 is 21.6 Å². The van der Waals surface area contributed by atoms with Gasteiger partial charge in [-0.15, -0.1) is 0 Å². The van der Waals surface area contributed by atoms with Gasteiger partial charge in [0.25, 0.3) is 0 Å². The van der Waals surface area contributed by atoms with Crippen molar-refractivity contribution in [2.24, 2.45) is 0 Å². The Morgan fingerprint density at radius 2 is 1.97 bits per heavy atom. The molecule has 8 nitrogen and oxygen atoms in total. The van der Waals surface area contributed by atoms with Gasteiger partial charge >= 0.3 is 0 Å². The highest BCUT2D eigenvalue weighted by Crippen LogP contribution is 2.32. The predicted molar refractivity (Wildman–Crippen MR) is 115 cm³/mol. The third-order valence-corrected chi connectivity index (χ3v) is 9.28. The zero-order valence-corrected chi connectivity index (χ0v) is 20.0. The number of hydrogen-bond donors (Lipinski definition) is 1. The van der Waals surface area contributed by atoms with Gasteiger partial charge in [0.1, 0.15) is 4.75 Å². The average molecular weight is 445 g/mol. The molecule has 0 saturated carbocycles. The maximum absolute atomic E-state index is 12.7. The molecule has 1 saturated heterocycles. The number of nitrogens with zero attached hydrogens (tertiary/aromatic N) is 1. The van der Waals surface area contributed by atoms with Gasteiger partial charge in [-0.1, -0.05) is 25.9 Å². The van der Waals surface area contributed by atoms with E-state index in [1.165, 1.54) is 13.8 Å². The number of amides is 1. The quantitative estimate of drug-likeness (QED) is 0.617. The third-order valence-electron chi connectivity index (χ3n) is 6.28. The maximum Gasteiger partial charge on any atom is 0.247 e. The van der Waals surface area contributed by atoms with E-state index < -0.39 is 31.2 Å². The number of carbonyl (C=O) groups is 1. The first-order valence-electron chi connectivity index (χ1n) is 10.6. The molecule has 1 aromatic heterocycles. The minimum Gasteiger partial charge on any atom is -0.353 e. The predicted octanol–water partition coefficient (Wildman–Crippen LogP) is 3.81. The van der Waals surface area contributed by atoms with Crippen molar-refractivity contribution in [1.82, 2.24) is 5.16 Å². The van der Waals surface area contributed by atoms with Crippen LogP contribution in [0.4, 0.5) is 5.88 Å². The number of sulfone groups is 1. The molecule has 2 rings (SSSR count). The third kappa shape index (κ3) is 5.06. The van der Waals surface area contributed by atoms with Crippen LogP contribution in [0.2, 0.25) is 0 Å². The van der Waals surface area contributed by atoms with E-state index in [4.69, 9.17) is 14.0 Å². The van der Waals surface area contributed by atoms with Crippen molar-refractivity contribution in [3.63, 3.8) is 0 Å². The first kappa shape index (κ1) is 24.8. The Bertz CT molecular complexity index is 824. The standard InChI is InChI=1S/C21H36N2O6S/c1-8-14(2)30(25,26)21(6,7)19(24)22-17-13-16(23-29-17)20(4,5)15(3)28-18-11-9-10-12-27-18/h13-15,18H,8-12H2,1-7H3,(H,22,24)/t14-,15-,18?/m0/s1. The van der Waals surface area contributed by atoms with Crippen molar-refractivity contribution < 1.29 is 27.2 Å². The van der Waals surface area contributed by atoms with Crippen LogP contribution < -0.4 is 5.32 Å². The second-order valence-electron chi connectivity index (χ2n) is 9.10. The van der Waals surface area contributed by atoms with Crippen LogP contribution in [-0.2, 0) is 29.5 Å². The fourth-order valence-electron chi connectivity index (χ4n) is 3.18. The SMILES string of the molecule is CC[C@H](C)S(=O)(=O)C(C)(C)C(=O)Nc1cc(C(C)(C)[C@H](C)OC2CCCCO2)no1. The van der Waals surface area contributed by atoms with Gasteiger partial charge in [0.2, 0.25) is 11.8 Å². The first-order valence-corrected chi connectivity index (χ1v) is 12.2. The van der Waals surface area contributed by atoms with Crippen LogP contribution in [0.15, 0.2) is 10.6 Å². The highest BCUT2D eigenvalue weighted by molar-refractivity contribution is 7.94. The van der Waals surface area contributed by atoms with Gasteiger partial charge in [-0.3, -0.25) is 10.1 Å². The van der Waals surface area contributed by atoms with E-state index in [1.54, 1.807) is 19.9 Å². The Hall–Kier alpha value is -1.45. The highest BCUT2D eigenvalue weighted by Gasteiger charge is 2.45. The van der Waals surface area contributed by atoms with Crippen molar-refractivity contribution in [2.45, 2.75) is 102 Å². The minimum atomic E-state index is -3.67. The molecule has 1 amide bonds. The second kappa shape index (κ2) is 9.36. The zero-order chi connectivity index (χ0) is 22.7. The molecular weight excluding hydrogens is 408 g/mol. The second-order valence-corrected chi connectivity index (χ2v) is 12.0. The fourth-order valence-corrected chi connectivity index (χ4v) is 4.93. The van der Waals surface area contributed by atoms with E-state index in [2.05, 4.69) is 10.5 Å². The van der Waals surface area contributed by atoms with E-state index >= 15 is 0 Å². The molecule has 0 bridgehead atoms. The Morgan fingerprint density at radius 3 is 2.53 bits per heavy atom. The van der Waals surface area contributed by atoms with E-state index in [0.29, 0.717) is 18.7 Å². The van der Waals surface area contributed by atoms with Crippen LogP contribution in [0, 0.1) is 0 Å². The molecule has 1 aliphatic heterocycles. The smallest absolute Gasteiger partial charge is 0.247 e. The molecular formula is C21H36N2O6S. The number of rotatable bonds is 9. The lowest BCUT2D eigenvalue weighted by Crippen LogP contribution is -2.48. The van der Waals surface area contributed by atoms with E-state index in [1.807, 2.05) is 20.8 Å². The van der Waals surface area contributed by atoms with Crippen LogP contribution in [0.3, 0.4) is 0 Å². The van der Waals surface area contributed by atoms with Gasteiger partial charge in [0, 0.05) is 18.1 Å². The summed E-state index contributed by atoms with van der Waals surface area (Å²) in [7, 11) is -3.67. The summed E-state index contributed by atoms with van der Waals surface area (Å²) in [6, 6.07) is 1.62. The molecule has 0 aromatic carbocycles. The molecule has 0 radical (unpaired) electrons. The normalized spacial score (nSPS) is 20.6. The average Bonchev–Trinajstić information content (AvgIpc) is 3.17. The van der Waals surface area contributed by atoms with Gasteiger partial charge in [-0.2, -0.15) is 0 Å². The molecule has 1 fully saturated rings. The highest BCUT2D eigenvalue weighted by atomic mass is 32.2. The van der Waals surface area contributed by atoms with Crippen LogP contribution in [-0.4, -0.2) is 48.5 Å². The number of ether oxygens (including phenoxy) is 2. The molecule has 1 aromatic rings. The molecule has 1 N–H and O–H groups in total. The van der Waals surface area contributed by atoms with Crippen LogP contribution in [0.25, 0.3) is 0 Å². The molecule has 9 heteroatoms. The fraction of sp³-hybridized carbons (Fsp3) is 0.810. The summed E-state index contributed by atoms with van der Waals surface area (Å²) in [5.74, 6) is -0.542. The number of nitrogens with one attached hydrogen (secondary N) is 1. The summed E-state index contributed by atoms with van der Waals surface area (Å²) >= 11 is 0. The van der Waals surface area contributed by atoms with Crippen LogP contribution in [0.5, 0.6) is 0 Å². The lowest BCUT2D eigenvalue weighted by Gasteiger charge is -2.34. The van der Waals surface area contributed by atoms with Gasteiger partial charge in [0.15, 0.2) is 16.1 Å². The lowest BCUT2D eigenvalue weighted by atomic mass is 9.84. The molecule has 0 spiro atoms. The molecule has 2 heterocycles. The molecule has 0 aliphatic carbocycles. The summed E-state index contributed by atoms with van der Waals surface area (Å²) in [5, 5.41) is 6.04. The van der Waals surface area contributed by atoms with Gasteiger partial charge in [0.05, 0.1) is 17.0 Å². The number of hydrogen-bond acceptors (Lipinski definition) is 7. The Balaban J connectivity index is 2.10. The van der Waals surface area contributed by atoms with E-state index in [-0.39, 0.29) is 18.3 Å². The van der Waals surface area contributed by atoms with Crippen LogP contribution >= 0.6 is 0 Å². The molecule has 30 heavy (non-hydrogen) atoms. The Morgan fingerprint density at radius 1 is 1.30 bits per heavy atom. The topological polar surface area (TPSA) is 108 Å². The van der Waals surface area contributed by atoms with Crippen molar-refractivity contribution in [3.8, 4) is 0 Å². The molecule has 3 atom stereocenters. The van der Waals surface area contributed by atoms with Crippen molar-refractivity contribution in [1.29, 1.82) is 0 Å². The molecule has 172 valence electrons. The summed E-state index contributed by atoms with van der Waals surface area (Å²) in [5.41, 5.74) is 0.0923. The zero-order valence-electron chi connectivity index (χ0n) is 19.1. The van der Waals surface area contributed by atoms with Crippen LogP contribution in [0.1, 0.15) is 79.8 Å². The lowest BCUT2D eigenvalue weighted by molar-refractivity contribution is -0.196. The van der Waals surface area contributed by atoms with Crippen molar-refractivity contribution in [2.75, 3.05) is 11.9 Å². The van der Waals surface area contributed by atoms with Gasteiger partial charge in [-0.05, 0) is 53.4 Å². The first-order chi connectivity index (χ1) is 13.8. The largest absolute Gasteiger partial charge is 0.353 e. The monoisotopic (exact) mass is 444 g/mol.